The van der Waals surface area contributed by atoms with Crippen molar-refractivity contribution < 1.29 is 13.9 Å². The summed E-state index contributed by atoms with van der Waals surface area (Å²) in [5.41, 5.74) is 2.09. The van der Waals surface area contributed by atoms with Gasteiger partial charge in [-0.15, -0.1) is 0 Å². The molecule has 1 aromatic carbocycles. The third kappa shape index (κ3) is 4.87. The van der Waals surface area contributed by atoms with E-state index in [-0.39, 0.29) is 12.1 Å². The molecule has 0 unspecified atom stereocenters. The Labute approximate surface area is 124 Å². The molecular weight excluding hydrogens is 268 g/mol. The van der Waals surface area contributed by atoms with Gasteiger partial charge in [0.1, 0.15) is 5.75 Å². The molecule has 0 aliphatic heterocycles. The number of nitrogens with one attached hydrogen (secondary N) is 2. The van der Waals surface area contributed by atoms with Crippen molar-refractivity contribution in [2.45, 2.75) is 25.9 Å². The molecule has 1 aromatic heterocycles. The minimum atomic E-state index is -0.179. The van der Waals surface area contributed by atoms with Gasteiger partial charge in [0, 0.05) is 12.6 Å². The Balaban J connectivity index is 1.73. The molecule has 0 fully saturated rings. The summed E-state index contributed by atoms with van der Waals surface area (Å²) in [4.78, 5) is 11.8. The van der Waals surface area contributed by atoms with E-state index in [9.17, 15) is 4.79 Å². The Kier molecular flexibility index (Phi) is 5.26. The van der Waals surface area contributed by atoms with Crippen molar-refractivity contribution in [1.29, 1.82) is 0 Å². The summed E-state index contributed by atoms with van der Waals surface area (Å²) in [6, 6.07) is 9.35. The van der Waals surface area contributed by atoms with Gasteiger partial charge in [-0.1, -0.05) is 12.1 Å². The van der Waals surface area contributed by atoms with Gasteiger partial charge in [-0.2, -0.15) is 0 Å². The van der Waals surface area contributed by atoms with Crippen LogP contribution in [0.5, 0.6) is 5.75 Å². The monoisotopic (exact) mass is 288 g/mol. The van der Waals surface area contributed by atoms with Crippen LogP contribution in [0.2, 0.25) is 0 Å². The van der Waals surface area contributed by atoms with Gasteiger partial charge in [0.15, 0.2) is 0 Å². The lowest BCUT2D eigenvalue weighted by Gasteiger charge is -2.14. The second-order valence-electron chi connectivity index (χ2n) is 4.91. The Morgan fingerprint density at radius 3 is 2.62 bits per heavy atom. The molecule has 0 spiro atoms. The third-order valence-corrected chi connectivity index (χ3v) is 3.11. The quantitative estimate of drug-likeness (QED) is 0.859. The van der Waals surface area contributed by atoms with Crippen LogP contribution in [0.15, 0.2) is 47.3 Å². The van der Waals surface area contributed by atoms with Crippen LogP contribution in [0, 0.1) is 0 Å². The third-order valence-electron chi connectivity index (χ3n) is 3.11. The van der Waals surface area contributed by atoms with Crippen LogP contribution >= 0.6 is 0 Å². The number of rotatable bonds is 6. The number of methoxy groups -OCH3 is 1. The minimum absolute atomic E-state index is 0.0402. The smallest absolute Gasteiger partial charge is 0.315 e. The molecule has 2 amide bonds. The first kappa shape index (κ1) is 15.0. The fourth-order valence-corrected chi connectivity index (χ4v) is 2.01. The molecule has 0 radical (unpaired) electrons. The first-order valence-corrected chi connectivity index (χ1v) is 6.85. The van der Waals surface area contributed by atoms with Crippen LogP contribution in [0.25, 0.3) is 0 Å². The number of urea groups is 1. The Morgan fingerprint density at radius 2 is 2.00 bits per heavy atom. The lowest BCUT2D eigenvalue weighted by Crippen LogP contribution is -2.41. The van der Waals surface area contributed by atoms with Crippen LogP contribution in [0.4, 0.5) is 4.79 Å². The molecule has 1 heterocycles. The molecule has 2 rings (SSSR count). The van der Waals surface area contributed by atoms with Crippen LogP contribution < -0.4 is 15.4 Å². The molecule has 0 saturated heterocycles. The first-order valence-electron chi connectivity index (χ1n) is 6.85. The number of benzene rings is 1. The van der Waals surface area contributed by atoms with E-state index in [4.69, 9.17) is 9.15 Å². The van der Waals surface area contributed by atoms with E-state index in [0.717, 1.165) is 23.3 Å². The fraction of sp³-hybridized carbons (Fsp3) is 0.312. The lowest BCUT2D eigenvalue weighted by atomic mass is 10.1. The highest BCUT2D eigenvalue weighted by atomic mass is 16.5. The normalized spacial score (nSPS) is 11.7. The van der Waals surface area contributed by atoms with Gasteiger partial charge < -0.3 is 19.8 Å². The van der Waals surface area contributed by atoms with E-state index >= 15 is 0 Å². The first-order chi connectivity index (χ1) is 10.2. The molecule has 5 nitrogen and oxygen atoms in total. The summed E-state index contributed by atoms with van der Waals surface area (Å²) in [5.74, 6) is 0.803. The number of hydrogen-bond acceptors (Lipinski definition) is 3. The van der Waals surface area contributed by atoms with Crippen LogP contribution in [-0.2, 0) is 13.0 Å². The summed E-state index contributed by atoms with van der Waals surface area (Å²) in [6.45, 7) is 2.44. The highest BCUT2D eigenvalue weighted by Gasteiger charge is 2.08. The molecule has 112 valence electrons. The minimum Gasteiger partial charge on any atom is -0.497 e. The molecule has 21 heavy (non-hydrogen) atoms. The van der Waals surface area contributed by atoms with E-state index in [2.05, 4.69) is 10.6 Å². The molecule has 0 saturated carbocycles. The zero-order valence-corrected chi connectivity index (χ0v) is 12.3. The zero-order valence-electron chi connectivity index (χ0n) is 12.3. The highest BCUT2D eigenvalue weighted by Crippen LogP contribution is 2.10. The summed E-state index contributed by atoms with van der Waals surface area (Å²) in [5, 5.41) is 5.73. The Morgan fingerprint density at radius 1 is 1.24 bits per heavy atom. The van der Waals surface area contributed by atoms with E-state index in [1.807, 2.05) is 37.3 Å². The Hall–Kier alpha value is -2.43. The second kappa shape index (κ2) is 7.38. The van der Waals surface area contributed by atoms with Crippen LogP contribution in [-0.4, -0.2) is 19.2 Å². The van der Waals surface area contributed by atoms with Gasteiger partial charge in [0.25, 0.3) is 0 Å². The largest absolute Gasteiger partial charge is 0.497 e. The van der Waals surface area contributed by atoms with Crippen LogP contribution in [0.1, 0.15) is 18.1 Å². The maximum atomic E-state index is 11.8. The van der Waals surface area contributed by atoms with Crippen LogP contribution in [0.3, 0.4) is 0 Å². The summed E-state index contributed by atoms with van der Waals surface area (Å²) >= 11 is 0. The number of amides is 2. The number of ether oxygens (including phenoxy) is 1. The topological polar surface area (TPSA) is 63.5 Å². The van der Waals surface area contributed by atoms with Gasteiger partial charge in [-0.25, -0.2) is 4.79 Å². The average molecular weight is 288 g/mol. The van der Waals surface area contributed by atoms with Crippen molar-refractivity contribution >= 4 is 6.03 Å². The maximum absolute atomic E-state index is 11.8. The maximum Gasteiger partial charge on any atom is 0.315 e. The lowest BCUT2D eigenvalue weighted by molar-refractivity contribution is 0.237. The number of carbonyl (C=O) groups excluding carboxylic acids is 1. The van der Waals surface area contributed by atoms with Crippen molar-refractivity contribution in [3.8, 4) is 5.75 Å². The van der Waals surface area contributed by atoms with Gasteiger partial charge in [0.2, 0.25) is 0 Å². The predicted molar refractivity (Wildman–Crippen MR) is 80.2 cm³/mol. The molecule has 0 bridgehead atoms. The molecule has 0 aliphatic carbocycles. The number of carbonyl (C=O) groups is 1. The Bertz CT molecular complexity index is 549. The molecule has 2 N–H and O–H groups in total. The van der Waals surface area contributed by atoms with E-state index in [0.29, 0.717) is 6.54 Å². The van der Waals surface area contributed by atoms with Crippen molar-refractivity contribution in [2.24, 2.45) is 0 Å². The van der Waals surface area contributed by atoms with Gasteiger partial charge in [-0.05, 0) is 42.7 Å². The molecule has 1 atom stereocenters. The zero-order chi connectivity index (χ0) is 15.1. The van der Waals surface area contributed by atoms with Crippen molar-refractivity contribution in [1.82, 2.24) is 10.6 Å². The van der Waals surface area contributed by atoms with E-state index in [1.165, 1.54) is 0 Å². The molecule has 5 heteroatoms. The van der Waals surface area contributed by atoms with Gasteiger partial charge >= 0.3 is 6.03 Å². The predicted octanol–water partition coefficient (Wildman–Crippen LogP) is 2.72. The highest BCUT2D eigenvalue weighted by molar-refractivity contribution is 5.74. The fourth-order valence-electron chi connectivity index (χ4n) is 2.01. The molecular formula is C16H20N2O3. The summed E-state index contributed by atoms with van der Waals surface area (Å²) in [7, 11) is 1.63. The van der Waals surface area contributed by atoms with E-state index < -0.39 is 0 Å². The van der Waals surface area contributed by atoms with Gasteiger partial charge in [0.05, 0.1) is 19.6 Å². The standard InChI is InChI=1S/C16H20N2O3/c1-12(9-14-7-8-21-11-14)18-16(19)17-10-13-3-5-15(20-2)6-4-13/h3-8,11-12H,9-10H2,1-2H3,(H2,17,18,19)/t12-/m1/s1. The molecule has 2 aromatic rings. The summed E-state index contributed by atoms with van der Waals surface area (Å²) in [6.07, 6.45) is 4.06. The number of hydrogen-bond donors (Lipinski definition) is 2. The average Bonchev–Trinajstić information content (AvgIpc) is 2.98. The number of furan rings is 1. The second-order valence-corrected chi connectivity index (χ2v) is 4.91. The van der Waals surface area contributed by atoms with Crippen molar-refractivity contribution in [2.75, 3.05) is 7.11 Å². The van der Waals surface area contributed by atoms with Crippen molar-refractivity contribution in [3.63, 3.8) is 0 Å². The summed E-state index contributed by atoms with van der Waals surface area (Å²) < 4.78 is 10.1. The van der Waals surface area contributed by atoms with Gasteiger partial charge in [-0.3, -0.25) is 0 Å². The SMILES string of the molecule is COc1ccc(CNC(=O)N[C@H](C)Cc2ccoc2)cc1. The molecule has 0 aliphatic rings. The van der Waals surface area contributed by atoms with E-state index in [1.54, 1.807) is 19.6 Å². The van der Waals surface area contributed by atoms with Crippen molar-refractivity contribution in [3.05, 3.63) is 54.0 Å².